The summed E-state index contributed by atoms with van der Waals surface area (Å²) in [7, 11) is 0. The van der Waals surface area contributed by atoms with E-state index in [0.717, 1.165) is 23.6 Å². The van der Waals surface area contributed by atoms with Crippen molar-refractivity contribution in [1.82, 2.24) is 10.3 Å². The van der Waals surface area contributed by atoms with Crippen LogP contribution in [0.5, 0.6) is 0 Å². The smallest absolute Gasteiger partial charge is 0.171 e. The van der Waals surface area contributed by atoms with E-state index >= 15 is 0 Å². The third-order valence-corrected chi connectivity index (χ3v) is 3.63. The summed E-state index contributed by atoms with van der Waals surface area (Å²) in [6.45, 7) is 4.00. The number of halogens is 3. The van der Waals surface area contributed by atoms with E-state index in [1.54, 1.807) is 24.4 Å². The molecule has 120 valence electrons. The van der Waals surface area contributed by atoms with Crippen LogP contribution in [0.1, 0.15) is 26.7 Å². The number of nitrogens with zero attached hydrogens (tertiary/aromatic N) is 1. The second-order valence-electron chi connectivity index (χ2n) is 4.26. The molecule has 0 aromatic carbocycles. The predicted molar refractivity (Wildman–Crippen MR) is 101 cm³/mol. The van der Waals surface area contributed by atoms with Gasteiger partial charge in [-0.15, -0.1) is 0 Å². The summed E-state index contributed by atoms with van der Waals surface area (Å²) in [4.78, 5) is 3.97. The highest BCUT2D eigenvalue weighted by molar-refractivity contribution is 7.80. The van der Waals surface area contributed by atoms with Gasteiger partial charge in [0.1, 0.15) is 5.15 Å². The van der Waals surface area contributed by atoms with Gasteiger partial charge in [-0.3, -0.25) is 0 Å². The number of allylic oxidation sites excluding steroid dienone is 3. The van der Waals surface area contributed by atoms with Gasteiger partial charge >= 0.3 is 0 Å². The van der Waals surface area contributed by atoms with E-state index in [2.05, 4.69) is 15.6 Å². The van der Waals surface area contributed by atoms with Gasteiger partial charge in [0, 0.05) is 16.1 Å². The van der Waals surface area contributed by atoms with Crippen LogP contribution in [0.4, 0.5) is 5.69 Å². The Morgan fingerprint density at radius 2 is 2.00 bits per heavy atom. The van der Waals surface area contributed by atoms with Gasteiger partial charge in [0.2, 0.25) is 0 Å². The van der Waals surface area contributed by atoms with Crippen molar-refractivity contribution < 1.29 is 0 Å². The van der Waals surface area contributed by atoms with Crippen LogP contribution in [0.15, 0.2) is 40.5 Å². The lowest BCUT2D eigenvalue weighted by Crippen LogP contribution is -2.36. The Morgan fingerprint density at radius 1 is 1.27 bits per heavy atom. The average Bonchev–Trinajstić information content (AvgIpc) is 2.64. The molecule has 7 heteroatoms. The van der Waals surface area contributed by atoms with Crippen molar-refractivity contribution in [2.24, 2.45) is 0 Å². The Kier molecular flexibility index (Phi) is 8.79. The molecule has 1 heterocycles. The van der Waals surface area contributed by atoms with E-state index in [1.165, 1.54) is 0 Å². The summed E-state index contributed by atoms with van der Waals surface area (Å²) in [5.74, 6) is 0. The minimum Gasteiger partial charge on any atom is -0.356 e. The molecule has 0 radical (unpaired) electrons. The van der Waals surface area contributed by atoms with Crippen LogP contribution in [0.3, 0.4) is 0 Å². The zero-order valence-corrected chi connectivity index (χ0v) is 15.5. The number of nitrogens with one attached hydrogen (secondary N) is 2. The van der Waals surface area contributed by atoms with E-state index < -0.39 is 0 Å². The highest BCUT2D eigenvalue weighted by Crippen LogP contribution is 2.22. The lowest BCUT2D eigenvalue weighted by atomic mass is 10.2. The fraction of sp³-hybridized carbons (Fsp3) is 0.333. The van der Waals surface area contributed by atoms with Crippen molar-refractivity contribution in [2.75, 3.05) is 5.32 Å². The largest absolute Gasteiger partial charge is 0.356 e. The van der Waals surface area contributed by atoms with Crippen molar-refractivity contribution in [2.45, 2.75) is 32.7 Å². The maximum atomic E-state index is 6.04. The minimum absolute atomic E-state index is 0.0373. The topological polar surface area (TPSA) is 37.0 Å². The van der Waals surface area contributed by atoms with Crippen LogP contribution >= 0.6 is 47.0 Å². The van der Waals surface area contributed by atoms with Gasteiger partial charge in [-0.2, -0.15) is 0 Å². The fourth-order valence-corrected chi connectivity index (χ4v) is 2.69. The summed E-state index contributed by atoms with van der Waals surface area (Å²) in [6, 6.07) is 3.53. The molecule has 0 saturated carbocycles. The quantitative estimate of drug-likeness (QED) is 0.529. The number of hydrogen-bond acceptors (Lipinski definition) is 2. The van der Waals surface area contributed by atoms with Crippen molar-refractivity contribution in [3.05, 3.63) is 45.7 Å². The molecule has 0 amide bonds. The third-order valence-electron chi connectivity index (χ3n) is 2.65. The van der Waals surface area contributed by atoms with Gasteiger partial charge in [0.15, 0.2) is 5.11 Å². The number of anilines is 1. The molecule has 2 rings (SSSR count). The fourth-order valence-electron chi connectivity index (χ4n) is 1.74. The Hall–Kier alpha value is -0.810. The highest BCUT2D eigenvalue weighted by Gasteiger charge is 2.12. The minimum atomic E-state index is 0.0373. The van der Waals surface area contributed by atoms with Crippen LogP contribution in [-0.2, 0) is 0 Å². The summed E-state index contributed by atoms with van der Waals surface area (Å²) < 4.78 is 0. The van der Waals surface area contributed by atoms with E-state index in [0.29, 0.717) is 15.3 Å². The van der Waals surface area contributed by atoms with Crippen LogP contribution in [-0.4, -0.2) is 16.1 Å². The van der Waals surface area contributed by atoms with Gasteiger partial charge in [-0.05, 0) is 49.3 Å². The molecule has 22 heavy (non-hydrogen) atoms. The first-order valence-corrected chi connectivity index (χ1v) is 8.49. The first-order valence-electron chi connectivity index (χ1n) is 6.95. The van der Waals surface area contributed by atoms with Gasteiger partial charge in [0.25, 0.3) is 0 Å². The van der Waals surface area contributed by atoms with Gasteiger partial charge in [0.05, 0.1) is 11.9 Å². The standard InChI is InChI=1S/C13H12Cl3N3S.C2H6/c14-8-1-2-10(6-9(15)5-8)18-13(20)19-11-3-4-12(16)17-7-11;1-2/h3-7,10H,1-2H2,(H2,18,19,20);1-2H3. The maximum absolute atomic E-state index is 6.04. The first kappa shape index (κ1) is 19.2. The average molecular weight is 379 g/mol. The molecule has 3 nitrogen and oxygen atoms in total. The molecule has 2 N–H and O–H groups in total. The van der Waals surface area contributed by atoms with Crippen LogP contribution < -0.4 is 10.6 Å². The summed E-state index contributed by atoms with van der Waals surface area (Å²) in [5.41, 5.74) is 0.770. The predicted octanol–water partition coefficient (Wildman–Crippen LogP) is 5.46. The second kappa shape index (κ2) is 10.1. The van der Waals surface area contributed by atoms with Crippen molar-refractivity contribution >= 4 is 57.8 Å². The van der Waals surface area contributed by atoms with Crippen molar-refractivity contribution in [3.8, 4) is 0 Å². The maximum Gasteiger partial charge on any atom is 0.171 e. The summed E-state index contributed by atoms with van der Waals surface area (Å²) in [6.07, 6.45) is 6.85. The number of aromatic nitrogens is 1. The number of pyridine rings is 1. The molecular formula is C15H18Cl3N3S. The van der Waals surface area contributed by atoms with Gasteiger partial charge in [-0.25, -0.2) is 4.98 Å². The van der Waals surface area contributed by atoms with Crippen LogP contribution in [0.2, 0.25) is 5.15 Å². The zero-order valence-electron chi connectivity index (χ0n) is 12.4. The molecule has 0 fully saturated rings. The SMILES string of the molecule is CC.S=C(Nc1ccc(Cl)nc1)NC1C=C(Cl)C=C(Cl)CC1. The van der Waals surface area contributed by atoms with E-state index in [-0.39, 0.29) is 6.04 Å². The molecule has 1 aliphatic rings. The lowest BCUT2D eigenvalue weighted by Gasteiger charge is -2.17. The van der Waals surface area contributed by atoms with Gasteiger partial charge in [-0.1, -0.05) is 48.7 Å². The summed E-state index contributed by atoms with van der Waals surface area (Å²) >= 11 is 23.0. The van der Waals surface area contributed by atoms with E-state index in [9.17, 15) is 0 Å². The van der Waals surface area contributed by atoms with Gasteiger partial charge < -0.3 is 10.6 Å². The first-order chi connectivity index (χ1) is 10.5. The van der Waals surface area contributed by atoms with E-state index in [4.69, 9.17) is 47.0 Å². The second-order valence-corrected chi connectivity index (χ2v) is 5.97. The lowest BCUT2D eigenvalue weighted by molar-refractivity contribution is 0.672. The molecule has 0 saturated heterocycles. The monoisotopic (exact) mass is 377 g/mol. The molecule has 0 spiro atoms. The van der Waals surface area contributed by atoms with E-state index in [1.807, 2.05) is 19.9 Å². The number of hydrogen-bond donors (Lipinski definition) is 2. The number of rotatable bonds is 2. The molecule has 1 atom stereocenters. The molecule has 1 aliphatic carbocycles. The molecule has 1 unspecified atom stereocenters. The molecule has 0 bridgehead atoms. The van der Waals surface area contributed by atoms with Crippen LogP contribution in [0.25, 0.3) is 0 Å². The third kappa shape index (κ3) is 6.97. The Morgan fingerprint density at radius 3 is 2.64 bits per heavy atom. The normalized spacial score (nSPS) is 17.2. The Labute approximate surface area is 151 Å². The van der Waals surface area contributed by atoms with Crippen molar-refractivity contribution in [3.63, 3.8) is 0 Å². The zero-order chi connectivity index (χ0) is 16.5. The van der Waals surface area contributed by atoms with Crippen LogP contribution in [0, 0.1) is 0 Å². The molecule has 1 aromatic heterocycles. The molecule has 0 aliphatic heterocycles. The number of thiocarbonyl (C=S) groups is 1. The van der Waals surface area contributed by atoms with Crippen molar-refractivity contribution in [1.29, 1.82) is 0 Å². The molecular weight excluding hydrogens is 361 g/mol. The Bertz CT molecular complexity index is 556. The highest BCUT2D eigenvalue weighted by atomic mass is 35.5. The molecule has 1 aromatic rings. The Balaban J connectivity index is 0.00000116. The summed E-state index contributed by atoms with van der Waals surface area (Å²) in [5, 5.41) is 8.51.